The van der Waals surface area contributed by atoms with Crippen LogP contribution in [0.2, 0.25) is 0 Å². The first-order chi connectivity index (χ1) is 13.1. The van der Waals surface area contributed by atoms with E-state index < -0.39 is 38.3 Å². The predicted molar refractivity (Wildman–Crippen MR) is 95.0 cm³/mol. The van der Waals surface area contributed by atoms with Gasteiger partial charge < -0.3 is 9.84 Å². The molecule has 1 aromatic carbocycles. The maximum Gasteiger partial charge on any atom is 0.295 e. The number of aromatic nitrogens is 3. The first-order valence-electron chi connectivity index (χ1n) is 7.98. The monoisotopic (exact) mass is 411 g/mol. The smallest absolute Gasteiger partial charge is 0.295 e. The highest BCUT2D eigenvalue weighted by Gasteiger charge is 2.19. The number of hydrogen-bond donors (Lipinski definition) is 1. The first kappa shape index (κ1) is 19.8. The molecule has 1 N–H and O–H groups in total. The van der Waals surface area contributed by atoms with E-state index in [1.807, 2.05) is 0 Å². The average Bonchev–Trinajstić information content (AvgIpc) is 2.59. The largest absolute Gasteiger partial charge is 0.448 e. The zero-order valence-electron chi connectivity index (χ0n) is 14.8. The Morgan fingerprint density at radius 3 is 2.57 bits per heavy atom. The van der Waals surface area contributed by atoms with Gasteiger partial charge in [-0.1, -0.05) is 0 Å². The van der Waals surface area contributed by atoms with E-state index >= 15 is 0 Å². The van der Waals surface area contributed by atoms with Crippen molar-refractivity contribution in [2.24, 2.45) is 0 Å². The number of hydrogen-bond acceptors (Lipinski definition) is 7. The molecule has 0 unspecified atom stereocenters. The summed E-state index contributed by atoms with van der Waals surface area (Å²) in [6, 6.07) is 3.81. The third-order valence-corrected chi connectivity index (χ3v) is 4.52. The number of halogens is 2. The van der Waals surface area contributed by atoms with Crippen molar-refractivity contribution in [1.82, 2.24) is 14.5 Å². The molecule has 2 heterocycles. The molecule has 3 rings (SSSR count). The summed E-state index contributed by atoms with van der Waals surface area (Å²) in [4.78, 5) is 20.4. The highest BCUT2D eigenvalue weighted by atomic mass is 32.2. The van der Waals surface area contributed by atoms with Crippen molar-refractivity contribution in [2.75, 3.05) is 6.26 Å². The van der Waals surface area contributed by atoms with Crippen LogP contribution in [0.4, 0.5) is 8.78 Å². The fraction of sp³-hybridized carbons (Fsp3) is 0.235. The van der Waals surface area contributed by atoms with E-state index in [0.717, 1.165) is 23.0 Å². The number of ether oxygens (including phenoxy) is 1. The summed E-state index contributed by atoms with van der Waals surface area (Å²) >= 11 is 0. The van der Waals surface area contributed by atoms with Gasteiger partial charge in [0.15, 0.2) is 17.3 Å². The molecule has 148 valence electrons. The molecule has 0 aliphatic carbocycles. The second kappa shape index (κ2) is 7.24. The molecule has 8 nitrogen and oxygen atoms in total. The highest BCUT2D eigenvalue weighted by molar-refractivity contribution is 7.90. The minimum Gasteiger partial charge on any atom is -0.448 e. The van der Waals surface area contributed by atoms with Crippen LogP contribution >= 0.6 is 0 Å². The molecule has 28 heavy (non-hydrogen) atoms. The summed E-state index contributed by atoms with van der Waals surface area (Å²) in [7, 11) is -3.74. The number of benzene rings is 1. The molecule has 0 bridgehead atoms. The van der Waals surface area contributed by atoms with Crippen molar-refractivity contribution < 1.29 is 27.0 Å². The van der Waals surface area contributed by atoms with Crippen molar-refractivity contribution >= 4 is 20.9 Å². The second-order valence-electron chi connectivity index (χ2n) is 6.15. The number of fused-ring (bicyclic) bond motifs is 1. The summed E-state index contributed by atoms with van der Waals surface area (Å²) in [5, 5.41) is 9.45. The van der Waals surface area contributed by atoms with Crippen LogP contribution in [-0.4, -0.2) is 40.4 Å². The van der Waals surface area contributed by atoms with E-state index in [1.54, 1.807) is 0 Å². The summed E-state index contributed by atoms with van der Waals surface area (Å²) in [5.41, 5.74) is -0.816. The number of rotatable bonds is 5. The van der Waals surface area contributed by atoms with E-state index in [-0.39, 0.29) is 29.1 Å². The molecule has 0 fully saturated rings. The Morgan fingerprint density at radius 2 is 1.96 bits per heavy atom. The topological polar surface area (TPSA) is 111 Å². The van der Waals surface area contributed by atoms with Gasteiger partial charge in [0.1, 0.15) is 11.5 Å². The molecular formula is C17H15F2N3O5S. The van der Waals surface area contributed by atoms with Crippen molar-refractivity contribution in [2.45, 2.75) is 24.7 Å². The van der Waals surface area contributed by atoms with Gasteiger partial charge in [-0.25, -0.2) is 22.2 Å². The minimum atomic E-state index is -3.74. The SMILES string of the molecule is C[C@H](O)Cn1c(=O)c(Oc2ccc(F)cc2F)cc2cnc(S(C)(=O)=O)nc21. The van der Waals surface area contributed by atoms with Crippen LogP contribution in [0.25, 0.3) is 11.0 Å². The van der Waals surface area contributed by atoms with Crippen LogP contribution in [0.3, 0.4) is 0 Å². The van der Waals surface area contributed by atoms with Crippen molar-refractivity contribution in [3.05, 3.63) is 52.5 Å². The van der Waals surface area contributed by atoms with Gasteiger partial charge in [-0.15, -0.1) is 0 Å². The second-order valence-corrected chi connectivity index (χ2v) is 8.06. The quantitative estimate of drug-likeness (QED) is 0.636. The lowest BCUT2D eigenvalue weighted by atomic mass is 10.3. The Kier molecular flexibility index (Phi) is 5.13. The summed E-state index contributed by atoms with van der Waals surface area (Å²) in [6.07, 6.45) is 1.11. The van der Waals surface area contributed by atoms with E-state index in [2.05, 4.69) is 9.97 Å². The maximum absolute atomic E-state index is 13.9. The number of pyridine rings is 1. The Hall–Kier alpha value is -2.92. The lowest BCUT2D eigenvalue weighted by molar-refractivity contribution is 0.173. The summed E-state index contributed by atoms with van der Waals surface area (Å²) < 4.78 is 56.7. The van der Waals surface area contributed by atoms with Crippen LogP contribution in [0.15, 0.2) is 40.4 Å². The van der Waals surface area contributed by atoms with E-state index in [9.17, 15) is 27.1 Å². The maximum atomic E-state index is 13.9. The molecular weight excluding hydrogens is 396 g/mol. The highest BCUT2D eigenvalue weighted by Crippen LogP contribution is 2.25. The van der Waals surface area contributed by atoms with E-state index in [4.69, 9.17) is 4.74 Å². The van der Waals surface area contributed by atoms with Gasteiger partial charge in [0.05, 0.1) is 12.6 Å². The van der Waals surface area contributed by atoms with Crippen molar-refractivity contribution in [3.8, 4) is 11.5 Å². The van der Waals surface area contributed by atoms with Gasteiger partial charge in [0.25, 0.3) is 5.56 Å². The summed E-state index contributed by atoms with van der Waals surface area (Å²) in [6.45, 7) is 1.20. The summed E-state index contributed by atoms with van der Waals surface area (Å²) in [5.74, 6) is -2.52. The van der Waals surface area contributed by atoms with Crippen LogP contribution < -0.4 is 10.3 Å². The number of aliphatic hydroxyl groups excluding tert-OH is 1. The van der Waals surface area contributed by atoms with Gasteiger partial charge in [-0.3, -0.25) is 9.36 Å². The Morgan fingerprint density at radius 1 is 1.25 bits per heavy atom. The number of nitrogens with zero attached hydrogens (tertiary/aromatic N) is 3. The molecule has 0 aliphatic rings. The molecule has 0 amide bonds. The van der Waals surface area contributed by atoms with E-state index in [1.165, 1.54) is 19.2 Å². The normalized spacial score (nSPS) is 12.9. The third kappa shape index (κ3) is 3.99. The van der Waals surface area contributed by atoms with Gasteiger partial charge in [0, 0.05) is 23.9 Å². The predicted octanol–water partition coefficient (Wildman–Crippen LogP) is 1.65. The lowest BCUT2D eigenvalue weighted by Crippen LogP contribution is -2.27. The minimum absolute atomic E-state index is 0.0340. The van der Waals surface area contributed by atoms with Gasteiger partial charge >= 0.3 is 0 Å². The van der Waals surface area contributed by atoms with Gasteiger partial charge in [-0.05, 0) is 25.1 Å². The zero-order chi connectivity index (χ0) is 20.6. The Balaban J connectivity index is 2.22. The average molecular weight is 411 g/mol. The first-order valence-corrected chi connectivity index (χ1v) is 9.87. The molecule has 1 atom stereocenters. The molecule has 0 saturated heterocycles. The van der Waals surface area contributed by atoms with E-state index in [0.29, 0.717) is 6.07 Å². The van der Waals surface area contributed by atoms with Crippen LogP contribution in [-0.2, 0) is 16.4 Å². The van der Waals surface area contributed by atoms with Gasteiger partial charge in [0.2, 0.25) is 15.0 Å². The number of aliphatic hydroxyl groups is 1. The van der Waals surface area contributed by atoms with Crippen molar-refractivity contribution in [3.63, 3.8) is 0 Å². The Bertz CT molecular complexity index is 1230. The molecule has 11 heteroatoms. The van der Waals surface area contributed by atoms with Crippen molar-refractivity contribution in [1.29, 1.82) is 0 Å². The molecule has 0 radical (unpaired) electrons. The molecule has 0 spiro atoms. The van der Waals surface area contributed by atoms with Crippen LogP contribution in [0.1, 0.15) is 6.92 Å². The molecule has 2 aromatic heterocycles. The fourth-order valence-corrected chi connectivity index (χ4v) is 2.97. The third-order valence-electron chi connectivity index (χ3n) is 3.66. The van der Waals surface area contributed by atoms with Gasteiger partial charge in [-0.2, -0.15) is 4.98 Å². The zero-order valence-corrected chi connectivity index (χ0v) is 15.6. The lowest BCUT2D eigenvalue weighted by Gasteiger charge is -2.14. The molecule has 0 saturated carbocycles. The van der Waals surface area contributed by atoms with Crippen LogP contribution in [0, 0.1) is 11.6 Å². The number of sulfone groups is 1. The standard InChI is InChI=1S/C17H15F2N3O5S/c1-9(23)8-22-15-10(7-20-17(21-15)28(2,25)26)5-14(16(22)24)27-13-4-3-11(18)6-12(13)19/h3-7,9,23H,8H2,1-2H3/t9-/m0/s1. The van der Waals surface area contributed by atoms with Crippen LogP contribution in [0.5, 0.6) is 11.5 Å². The fourth-order valence-electron chi connectivity index (χ4n) is 2.48. The Labute approximate surface area is 158 Å². The molecule has 3 aromatic rings. The molecule has 0 aliphatic heterocycles.